The van der Waals surface area contributed by atoms with Gasteiger partial charge in [0.25, 0.3) is 5.69 Å². The highest BCUT2D eigenvalue weighted by molar-refractivity contribution is 6.10. The fourth-order valence-electron chi connectivity index (χ4n) is 3.01. The first-order valence-electron chi connectivity index (χ1n) is 8.06. The summed E-state index contributed by atoms with van der Waals surface area (Å²) >= 11 is 0. The molecule has 0 spiro atoms. The number of anilines is 1. The third-order valence-corrected chi connectivity index (χ3v) is 4.29. The first-order chi connectivity index (χ1) is 12.6. The summed E-state index contributed by atoms with van der Waals surface area (Å²) in [6.45, 7) is 0. The van der Waals surface area contributed by atoms with Crippen molar-refractivity contribution in [1.29, 1.82) is 0 Å². The van der Waals surface area contributed by atoms with Crippen LogP contribution in [0.2, 0.25) is 0 Å². The Morgan fingerprint density at radius 2 is 1.73 bits per heavy atom. The highest BCUT2D eigenvalue weighted by Crippen LogP contribution is 2.36. The maximum atomic E-state index is 13.7. The van der Waals surface area contributed by atoms with Crippen LogP contribution in [0.5, 0.6) is 0 Å². The molecule has 0 amide bonds. The summed E-state index contributed by atoms with van der Waals surface area (Å²) in [7, 11) is 0. The van der Waals surface area contributed by atoms with Gasteiger partial charge in [0.15, 0.2) is 0 Å². The van der Waals surface area contributed by atoms with E-state index >= 15 is 0 Å². The van der Waals surface area contributed by atoms with Crippen molar-refractivity contribution >= 4 is 17.2 Å². The smallest absolute Gasteiger partial charge is 0.269 e. The summed E-state index contributed by atoms with van der Waals surface area (Å²) in [4.78, 5) is 15.2. The molecule has 1 N–H and O–H groups in total. The zero-order valence-corrected chi connectivity index (χ0v) is 13.6. The second kappa shape index (κ2) is 6.40. The van der Waals surface area contributed by atoms with Crippen molar-refractivity contribution in [3.8, 4) is 0 Å². The van der Waals surface area contributed by atoms with Gasteiger partial charge in [-0.25, -0.2) is 4.39 Å². The van der Waals surface area contributed by atoms with Gasteiger partial charge in [-0.3, -0.25) is 15.1 Å². The van der Waals surface area contributed by atoms with Gasteiger partial charge in [-0.05, 0) is 29.8 Å². The standard InChI is InChI=1S/C20H14FN3O2/c21-15-8-11-17-18(12-15)22-20(14-4-2-1-3-5-14)23-19(17)13-6-9-16(10-7-13)24(25)26/h1-12,19H,(H,22,23). The van der Waals surface area contributed by atoms with Crippen molar-refractivity contribution in [3.63, 3.8) is 0 Å². The Hall–Kier alpha value is -3.54. The fourth-order valence-corrected chi connectivity index (χ4v) is 3.01. The Kier molecular flexibility index (Phi) is 3.93. The van der Waals surface area contributed by atoms with E-state index in [1.165, 1.54) is 24.3 Å². The number of amidine groups is 1. The lowest BCUT2D eigenvalue weighted by Gasteiger charge is -2.26. The minimum Gasteiger partial charge on any atom is -0.340 e. The Morgan fingerprint density at radius 1 is 1.00 bits per heavy atom. The van der Waals surface area contributed by atoms with Crippen LogP contribution in [0.3, 0.4) is 0 Å². The predicted molar refractivity (Wildman–Crippen MR) is 97.9 cm³/mol. The average Bonchev–Trinajstić information content (AvgIpc) is 2.67. The number of halogens is 1. The Labute approximate surface area is 149 Å². The molecule has 1 atom stereocenters. The quantitative estimate of drug-likeness (QED) is 0.552. The number of nitro benzene ring substituents is 1. The number of aliphatic imine (C=N–C) groups is 1. The van der Waals surface area contributed by atoms with Crippen LogP contribution in [0.1, 0.15) is 22.7 Å². The molecule has 1 aliphatic heterocycles. The van der Waals surface area contributed by atoms with Gasteiger partial charge in [0, 0.05) is 28.9 Å². The van der Waals surface area contributed by atoms with Crippen molar-refractivity contribution in [2.75, 3.05) is 5.32 Å². The molecule has 1 aliphatic rings. The van der Waals surface area contributed by atoms with Gasteiger partial charge in [-0.15, -0.1) is 0 Å². The monoisotopic (exact) mass is 347 g/mol. The van der Waals surface area contributed by atoms with Crippen molar-refractivity contribution in [2.24, 2.45) is 4.99 Å². The molecule has 0 saturated carbocycles. The molecule has 128 valence electrons. The Bertz CT molecular complexity index is 1000. The lowest BCUT2D eigenvalue weighted by Crippen LogP contribution is -2.22. The van der Waals surface area contributed by atoms with E-state index in [1.54, 1.807) is 18.2 Å². The highest BCUT2D eigenvalue weighted by atomic mass is 19.1. The molecule has 5 nitrogen and oxygen atoms in total. The first kappa shape index (κ1) is 16.0. The zero-order valence-electron chi connectivity index (χ0n) is 13.6. The molecule has 0 fully saturated rings. The summed E-state index contributed by atoms with van der Waals surface area (Å²) in [6, 6.07) is 20.0. The normalized spacial score (nSPS) is 15.6. The van der Waals surface area contributed by atoms with Gasteiger partial charge in [-0.2, -0.15) is 0 Å². The molecule has 6 heteroatoms. The SMILES string of the molecule is O=[N+]([O-])c1ccc(C2N=C(c3ccccc3)Nc3cc(F)ccc32)cc1. The molecule has 0 saturated heterocycles. The summed E-state index contributed by atoms with van der Waals surface area (Å²) in [5.74, 6) is 0.292. The number of rotatable bonds is 3. The van der Waals surface area contributed by atoms with E-state index < -0.39 is 4.92 Å². The number of fused-ring (bicyclic) bond motifs is 1. The maximum absolute atomic E-state index is 13.7. The van der Waals surface area contributed by atoms with Gasteiger partial charge < -0.3 is 5.32 Å². The van der Waals surface area contributed by atoms with Crippen LogP contribution in [-0.2, 0) is 0 Å². The molecule has 0 radical (unpaired) electrons. The van der Waals surface area contributed by atoms with Crippen molar-refractivity contribution in [3.05, 3.63) is 105 Å². The maximum Gasteiger partial charge on any atom is 0.269 e. The average molecular weight is 347 g/mol. The molecule has 0 bridgehead atoms. The molecule has 1 unspecified atom stereocenters. The second-order valence-corrected chi connectivity index (χ2v) is 5.95. The topological polar surface area (TPSA) is 67.5 Å². The second-order valence-electron chi connectivity index (χ2n) is 5.95. The lowest BCUT2D eigenvalue weighted by molar-refractivity contribution is -0.384. The number of nitro groups is 1. The van der Waals surface area contributed by atoms with E-state index in [4.69, 9.17) is 4.99 Å². The molecule has 0 aromatic heterocycles. The van der Waals surface area contributed by atoms with E-state index in [0.29, 0.717) is 11.5 Å². The summed E-state index contributed by atoms with van der Waals surface area (Å²) in [5, 5.41) is 14.1. The van der Waals surface area contributed by atoms with Gasteiger partial charge in [-0.1, -0.05) is 36.4 Å². The zero-order chi connectivity index (χ0) is 18.1. The Morgan fingerprint density at radius 3 is 2.42 bits per heavy atom. The predicted octanol–water partition coefficient (Wildman–Crippen LogP) is 4.70. The Balaban J connectivity index is 1.82. The van der Waals surface area contributed by atoms with Crippen LogP contribution >= 0.6 is 0 Å². The summed E-state index contributed by atoms with van der Waals surface area (Å²) in [6.07, 6.45) is 0. The minimum atomic E-state index is -0.436. The van der Waals surface area contributed by atoms with E-state index in [2.05, 4.69) is 5.32 Å². The molecule has 1 heterocycles. The van der Waals surface area contributed by atoms with Crippen LogP contribution < -0.4 is 5.32 Å². The van der Waals surface area contributed by atoms with E-state index in [9.17, 15) is 14.5 Å². The number of benzene rings is 3. The minimum absolute atomic E-state index is 0.0225. The third kappa shape index (κ3) is 2.93. The summed E-state index contributed by atoms with van der Waals surface area (Å²) in [5.41, 5.74) is 3.17. The van der Waals surface area contributed by atoms with Crippen LogP contribution in [0, 0.1) is 15.9 Å². The van der Waals surface area contributed by atoms with Crippen molar-refractivity contribution in [2.45, 2.75) is 6.04 Å². The fraction of sp³-hybridized carbons (Fsp3) is 0.0500. The number of nitrogens with zero attached hydrogens (tertiary/aromatic N) is 2. The van der Waals surface area contributed by atoms with Crippen molar-refractivity contribution < 1.29 is 9.31 Å². The number of hydrogen-bond donors (Lipinski definition) is 1. The molecule has 26 heavy (non-hydrogen) atoms. The number of nitrogens with one attached hydrogen (secondary N) is 1. The molecule has 3 aromatic rings. The van der Waals surface area contributed by atoms with Gasteiger partial charge >= 0.3 is 0 Å². The van der Waals surface area contributed by atoms with Crippen LogP contribution in [0.25, 0.3) is 0 Å². The van der Waals surface area contributed by atoms with Crippen LogP contribution in [-0.4, -0.2) is 10.8 Å². The third-order valence-electron chi connectivity index (χ3n) is 4.29. The number of non-ortho nitro benzene ring substituents is 1. The largest absolute Gasteiger partial charge is 0.340 e. The molecular weight excluding hydrogens is 333 g/mol. The molecular formula is C20H14FN3O2. The number of hydrogen-bond acceptors (Lipinski definition) is 4. The highest BCUT2D eigenvalue weighted by Gasteiger charge is 2.24. The van der Waals surface area contributed by atoms with Gasteiger partial charge in [0.1, 0.15) is 17.7 Å². The van der Waals surface area contributed by atoms with E-state index in [-0.39, 0.29) is 17.5 Å². The van der Waals surface area contributed by atoms with E-state index in [1.807, 2.05) is 30.3 Å². The van der Waals surface area contributed by atoms with E-state index in [0.717, 1.165) is 16.7 Å². The molecule has 0 aliphatic carbocycles. The van der Waals surface area contributed by atoms with Crippen LogP contribution in [0.15, 0.2) is 77.8 Å². The molecule has 4 rings (SSSR count). The summed E-state index contributed by atoms with van der Waals surface area (Å²) < 4.78 is 13.7. The molecule has 3 aromatic carbocycles. The van der Waals surface area contributed by atoms with Crippen molar-refractivity contribution in [1.82, 2.24) is 0 Å². The van der Waals surface area contributed by atoms with Gasteiger partial charge in [0.05, 0.1) is 4.92 Å². The first-order valence-corrected chi connectivity index (χ1v) is 8.06. The van der Waals surface area contributed by atoms with Gasteiger partial charge in [0.2, 0.25) is 0 Å². The van der Waals surface area contributed by atoms with Crippen LogP contribution in [0.4, 0.5) is 15.8 Å². The lowest BCUT2D eigenvalue weighted by atomic mass is 9.95.